The van der Waals surface area contributed by atoms with E-state index in [2.05, 4.69) is 9.98 Å². The highest BCUT2D eigenvalue weighted by atomic mass is 16.3. The molecule has 0 aliphatic heterocycles. The van der Waals surface area contributed by atoms with Gasteiger partial charge in [0.15, 0.2) is 0 Å². The Labute approximate surface area is 136 Å². The van der Waals surface area contributed by atoms with Crippen molar-refractivity contribution in [2.24, 2.45) is 9.98 Å². The van der Waals surface area contributed by atoms with Crippen molar-refractivity contribution in [3.05, 3.63) is 59.2 Å². The molecule has 0 fully saturated rings. The van der Waals surface area contributed by atoms with Crippen LogP contribution in [-0.4, -0.2) is 34.7 Å². The van der Waals surface area contributed by atoms with Crippen LogP contribution in [0.3, 0.4) is 0 Å². The zero-order chi connectivity index (χ0) is 16.8. The van der Waals surface area contributed by atoms with E-state index in [0.29, 0.717) is 13.1 Å². The highest BCUT2D eigenvalue weighted by Crippen LogP contribution is 2.19. The quantitative estimate of drug-likeness (QED) is 0.653. The predicted octanol–water partition coefficient (Wildman–Crippen LogP) is 3.72. The van der Waals surface area contributed by atoms with Crippen LogP contribution in [-0.2, 0) is 0 Å². The second-order valence-electron chi connectivity index (χ2n) is 5.47. The largest absolute Gasteiger partial charge is 0.507 e. The Morgan fingerprint density at radius 2 is 1.39 bits per heavy atom. The van der Waals surface area contributed by atoms with E-state index in [-0.39, 0.29) is 11.5 Å². The number of para-hydroxylation sites is 1. The summed E-state index contributed by atoms with van der Waals surface area (Å²) < 4.78 is 0. The molecule has 0 radical (unpaired) electrons. The fraction of sp³-hybridized carbons (Fsp3) is 0.263. The lowest BCUT2D eigenvalue weighted by Gasteiger charge is -2.06. The summed E-state index contributed by atoms with van der Waals surface area (Å²) in [5.74, 6) is 0.476. The van der Waals surface area contributed by atoms with Crippen molar-refractivity contribution in [2.75, 3.05) is 13.1 Å². The Morgan fingerprint density at radius 3 is 2.04 bits per heavy atom. The van der Waals surface area contributed by atoms with Crippen molar-refractivity contribution in [3.63, 3.8) is 0 Å². The van der Waals surface area contributed by atoms with Gasteiger partial charge in [0.2, 0.25) is 0 Å². The van der Waals surface area contributed by atoms with Crippen molar-refractivity contribution < 1.29 is 10.2 Å². The molecule has 120 valence electrons. The normalized spacial score (nSPS) is 12.5. The van der Waals surface area contributed by atoms with Crippen LogP contribution in [0.25, 0.3) is 0 Å². The van der Waals surface area contributed by atoms with Crippen LogP contribution < -0.4 is 0 Å². The number of phenols is 2. The van der Waals surface area contributed by atoms with Crippen LogP contribution in [0, 0.1) is 6.92 Å². The van der Waals surface area contributed by atoms with E-state index in [1.807, 2.05) is 45.0 Å². The third-order valence-corrected chi connectivity index (χ3v) is 3.63. The lowest BCUT2D eigenvalue weighted by Crippen LogP contribution is -2.02. The van der Waals surface area contributed by atoms with Gasteiger partial charge in [-0.2, -0.15) is 0 Å². The molecular weight excluding hydrogens is 288 g/mol. The summed E-state index contributed by atoms with van der Waals surface area (Å²) in [5, 5.41) is 19.7. The van der Waals surface area contributed by atoms with E-state index in [1.54, 1.807) is 18.2 Å². The van der Waals surface area contributed by atoms with Crippen LogP contribution in [0.2, 0.25) is 0 Å². The first-order valence-corrected chi connectivity index (χ1v) is 7.59. The molecule has 0 saturated carbocycles. The molecule has 0 amide bonds. The second kappa shape index (κ2) is 7.58. The van der Waals surface area contributed by atoms with Crippen molar-refractivity contribution in [1.29, 1.82) is 0 Å². The molecule has 0 aliphatic carbocycles. The maximum atomic E-state index is 9.89. The van der Waals surface area contributed by atoms with Gasteiger partial charge in [-0.25, -0.2) is 0 Å². The van der Waals surface area contributed by atoms with Crippen molar-refractivity contribution in [2.45, 2.75) is 20.8 Å². The predicted molar refractivity (Wildman–Crippen MR) is 95.1 cm³/mol. The van der Waals surface area contributed by atoms with Crippen molar-refractivity contribution in [1.82, 2.24) is 0 Å². The van der Waals surface area contributed by atoms with E-state index in [0.717, 1.165) is 28.1 Å². The van der Waals surface area contributed by atoms with Gasteiger partial charge in [-0.1, -0.05) is 23.8 Å². The Kier molecular flexibility index (Phi) is 5.52. The van der Waals surface area contributed by atoms with Crippen LogP contribution >= 0.6 is 0 Å². The molecule has 0 unspecified atom stereocenters. The maximum Gasteiger partial charge on any atom is 0.124 e. The lowest BCUT2D eigenvalue weighted by molar-refractivity contribution is 0.473. The summed E-state index contributed by atoms with van der Waals surface area (Å²) in [4.78, 5) is 8.92. The number of rotatable bonds is 5. The molecule has 0 bridgehead atoms. The number of aryl methyl sites for hydroxylation is 1. The Morgan fingerprint density at radius 1 is 0.826 bits per heavy atom. The topological polar surface area (TPSA) is 65.2 Å². The van der Waals surface area contributed by atoms with Gasteiger partial charge in [-0.05, 0) is 45.0 Å². The van der Waals surface area contributed by atoms with Gasteiger partial charge in [0.1, 0.15) is 11.5 Å². The summed E-state index contributed by atoms with van der Waals surface area (Å²) in [5.41, 5.74) is 4.16. The molecule has 0 spiro atoms. The zero-order valence-electron chi connectivity index (χ0n) is 13.7. The minimum Gasteiger partial charge on any atom is -0.507 e. The zero-order valence-corrected chi connectivity index (χ0v) is 13.7. The van der Waals surface area contributed by atoms with Gasteiger partial charge in [0.25, 0.3) is 0 Å². The molecule has 0 atom stereocenters. The molecule has 0 aromatic heterocycles. The number of hydrogen-bond donors (Lipinski definition) is 2. The number of hydrogen-bond acceptors (Lipinski definition) is 4. The van der Waals surface area contributed by atoms with Crippen LogP contribution in [0.15, 0.2) is 52.4 Å². The van der Waals surface area contributed by atoms with Crippen molar-refractivity contribution >= 4 is 11.4 Å². The standard InChI is InChI=1S/C19H22N2O2/c1-13-8-9-19(23)17(12-13)15(3)21-11-10-20-14(2)16-6-4-5-7-18(16)22/h4-9,12,22-23H,10-11H2,1-3H3. The fourth-order valence-corrected chi connectivity index (χ4v) is 2.33. The van der Waals surface area contributed by atoms with Gasteiger partial charge in [-0.15, -0.1) is 0 Å². The highest BCUT2D eigenvalue weighted by molar-refractivity contribution is 6.01. The second-order valence-corrected chi connectivity index (χ2v) is 5.47. The maximum absolute atomic E-state index is 9.89. The SMILES string of the molecule is CC(=NCCN=C(C)c1cc(C)ccc1O)c1ccccc1O. The van der Waals surface area contributed by atoms with E-state index >= 15 is 0 Å². The summed E-state index contributed by atoms with van der Waals surface area (Å²) in [6.07, 6.45) is 0. The summed E-state index contributed by atoms with van der Waals surface area (Å²) in [6.45, 7) is 6.80. The summed E-state index contributed by atoms with van der Waals surface area (Å²) >= 11 is 0. The average Bonchev–Trinajstić information content (AvgIpc) is 2.53. The van der Waals surface area contributed by atoms with E-state index < -0.39 is 0 Å². The lowest BCUT2D eigenvalue weighted by atomic mass is 10.1. The minimum absolute atomic E-state index is 0.234. The summed E-state index contributed by atoms with van der Waals surface area (Å²) in [7, 11) is 0. The number of aromatic hydroxyl groups is 2. The average molecular weight is 310 g/mol. The van der Waals surface area contributed by atoms with E-state index in [4.69, 9.17) is 0 Å². The van der Waals surface area contributed by atoms with Crippen LogP contribution in [0.1, 0.15) is 30.5 Å². The molecule has 0 aliphatic rings. The Bertz CT molecular complexity index is 749. The number of phenolic OH excluding ortho intramolecular Hbond substituents is 2. The molecule has 2 aromatic rings. The smallest absolute Gasteiger partial charge is 0.124 e. The fourth-order valence-electron chi connectivity index (χ4n) is 2.33. The Hall–Kier alpha value is -2.62. The first-order chi connectivity index (χ1) is 11.0. The molecule has 2 N–H and O–H groups in total. The first kappa shape index (κ1) is 16.7. The highest BCUT2D eigenvalue weighted by Gasteiger charge is 2.05. The van der Waals surface area contributed by atoms with Gasteiger partial charge in [-0.3, -0.25) is 9.98 Å². The number of nitrogens with zero attached hydrogens (tertiary/aromatic N) is 2. The third-order valence-electron chi connectivity index (χ3n) is 3.63. The molecule has 0 saturated heterocycles. The number of aliphatic imine (C=N–C) groups is 2. The van der Waals surface area contributed by atoms with E-state index in [1.165, 1.54) is 0 Å². The molecule has 4 heteroatoms. The molecule has 23 heavy (non-hydrogen) atoms. The molecule has 2 aromatic carbocycles. The molecule has 2 rings (SSSR count). The van der Waals surface area contributed by atoms with Crippen LogP contribution in [0.4, 0.5) is 0 Å². The monoisotopic (exact) mass is 310 g/mol. The van der Waals surface area contributed by atoms with Crippen LogP contribution in [0.5, 0.6) is 11.5 Å². The van der Waals surface area contributed by atoms with Gasteiger partial charge >= 0.3 is 0 Å². The number of benzene rings is 2. The van der Waals surface area contributed by atoms with Gasteiger partial charge in [0.05, 0.1) is 13.1 Å². The molecule has 4 nitrogen and oxygen atoms in total. The van der Waals surface area contributed by atoms with Gasteiger partial charge in [0, 0.05) is 22.6 Å². The molecule has 0 heterocycles. The third kappa shape index (κ3) is 4.42. The summed E-state index contributed by atoms with van der Waals surface area (Å²) in [6, 6.07) is 12.6. The van der Waals surface area contributed by atoms with Gasteiger partial charge < -0.3 is 10.2 Å². The Balaban J connectivity index is 2.02. The first-order valence-electron chi connectivity index (χ1n) is 7.59. The minimum atomic E-state index is 0.234. The van der Waals surface area contributed by atoms with E-state index in [9.17, 15) is 10.2 Å². The molecular formula is C19H22N2O2. The van der Waals surface area contributed by atoms with Crippen molar-refractivity contribution in [3.8, 4) is 11.5 Å².